The fraction of sp³-hybridized carbons (Fsp3) is 0.188. The number of alkyl halides is 1. The summed E-state index contributed by atoms with van der Waals surface area (Å²) in [4.78, 5) is 4.58. The molecule has 2 aromatic carbocycles. The molecule has 3 aromatic rings. The number of hydrogen-bond acceptors (Lipinski definition) is 2. The summed E-state index contributed by atoms with van der Waals surface area (Å²) in [7, 11) is 0. The van der Waals surface area contributed by atoms with Crippen molar-refractivity contribution in [3.63, 3.8) is 0 Å². The zero-order valence-corrected chi connectivity index (χ0v) is 12.5. The van der Waals surface area contributed by atoms with Crippen LogP contribution in [0.2, 0.25) is 0 Å². The first-order valence-corrected chi connectivity index (χ1v) is 7.63. The minimum absolute atomic E-state index is 0.185. The molecule has 0 aliphatic heterocycles. The Bertz CT molecular complexity index is 720. The van der Waals surface area contributed by atoms with E-state index in [4.69, 9.17) is 11.6 Å². The van der Waals surface area contributed by atoms with E-state index < -0.39 is 0 Å². The van der Waals surface area contributed by atoms with E-state index in [1.165, 1.54) is 10.8 Å². The Morgan fingerprint density at radius 3 is 2.80 bits per heavy atom. The monoisotopic (exact) mass is 305 g/mol. The molecule has 0 aliphatic rings. The molecule has 0 spiro atoms. The van der Waals surface area contributed by atoms with Gasteiger partial charge in [-0.15, -0.1) is 22.9 Å². The minimum atomic E-state index is -0.197. The van der Waals surface area contributed by atoms with Gasteiger partial charge in [0.05, 0.1) is 20.6 Å². The summed E-state index contributed by atoms with van der Waals surface area (Å²) in [6.07, 6.45) is 0.659. The molecule has 20 heavy (non-hydrogen) atoms. The number of aryl methyl sites for hydroxylation is 1. The normalized spacial score (nSPS) is 12.8. The number of halogens is 2. The Kier molecular flexibility index (Phi) is 3.72. The maximum absolute atomic E-state index is 13.3. The highest BCUT2D eigenvalue weighted by Gasteiger charge is 2.13. The van der Waals surface area contributed by atoms with Gasteiger partial charge in [0.15, 0.2) is 0 Å². The van der Waals surface area contributed by atoms with Crippen molar-refractivity contribution in [2.24, 2.45) is 0 Å². The van der Waals surface area contributed by atoms with Crippen molar-refractivity contribution in [3.05, 3.63) is 64.4 Å². The van der Waals surface area contributed by atoms with Crippen molar-refractivity contribution in [1.29, 1.82) is 0 Å². The van der Waals surface area contributed by atoms with Gasteiger partial charge in [0, 0.05) is 6.42 Å². The quantitative estimate of drug-likeness (QED) is 0.601. The topological polar surface area (TPSA) is 12.9 Å². The molecule has 0 aliphatic carbocycles. The van der Waals surface area contributed by atoms with Crippen LogP contribution >= 0.6 is 22.9 Å². The van der Waals surface area contributed by atoms with Crippen LogP contribution in [0.4, 0.5) is 4.39 Å². The molecule has 0 radical (unpaired) electrons. The van der Waals surface area contributed by atoms with Gasteiger partial charge in [0.1, 0.15) is 5.82 Å². The van der Waals surface area contributed by atoms with Crippen LogP contribution in [-0.2, 0) is 6.42 Å². The predicted molar refractivity (Wildman–Crippen MR) is 83.1 cm³/mol. The highest BCUT2D eigenvalue weighted by Crippen LogP contribution is 2.30. The van der Waals surface area contributed by atoms with Gasteiger partial charge in [-0.3, -0.25) is 0 Å². The smallest absolute Gasteiger partial charge is 0.126 e. The van der Waals surface area contributed by atoms with Crippen LogP contribution in [0.3, 0.4) is 0 Å². The van der Waals surface area contributed by atoms with Gasteiger partial charge in [-0.25, -0.2) is 9.37 Å². The fourth-order valence-corrected chi connectivity index (χ4v) is 3.53. The lowest BCUT2D eigenvalue weighted by Gasteiger charge is -2.09. The highest BCUT2D eigenvalue weighted by atomic mass is 35.5. The number of nitrogens with zero attached hydrogens (tertiary/aromatic N) is 1. The third-order valence-electron chi connectivity index (χ3n) is 3.24. The van der Waals surface area contributed by atoms with Crippen LogP contribution in [0, 0.1) is 12.7 Å². The third-order valence-corrected chi connectivity index (χ3v) is 4.70. The summed E-state index contributed by atoms with van der Waals surface area (Å²) >= 11 is 8.09. The number of para-hydroxylation sites is 1. The number of fused-ring (bicyclic) bond motifs is 1. The summed E-state index contributed by atoms with van der Waals surface area (Å²) in [5.74, 6) is -0.197. The summed E-state index contributed by atoms with van der Waals surface area (Å²) in [6.45, 7) is 1.75. The first kappa shape index (κ1) is 13.5. The number of hydrogen-bond donors (Lipinski definition) is 0. The van der Waals surface area contributed by atoms with Gasteiger partial charge in [-0.1, -0.05) is 24.3 Å². The van der Waals surface area contributed by atoms with Gasteiger partial charge >= 0.3 is 0 Å². The molecule has 0 saturated carbocycles. The van der Waals surface area contributed by atoms with Crippen LogP contribution in [0.5, 0.6) is 0 Å². The second kappa shape index (κ2) is 5.51. The number of rotatable bonds is 3. The van der Waals surface area contributed by atoms with Gasteiger partial charge < -0.3 is 0 Å². The summed E-state index contributed by atoms with van der Waals surface area (Å²) in [5.41, 5.74) is 2.56. The molecule has 1 atom stereocenters. The van der Waals surface area contributed by atoms with Gasteiger partial charge in [0.2, 0.25) is 0 Å². The average Bonchev–Trinajstić information content (AvgIpc) is 2.83. The van der Waals surface area contributed by atoms with E-state index in [0.29, 0.717) is 12.0 Å². The van der Waals surface area contributed by atoms with Crippen molar-refractivity contribution < 1.29 is 4.39 Å². The van der Waals surface area contributed by atoms with E-state index in [0.717, 1.165) is 16.1 Å². The first-order chi connectivity index (χ1) is 9.63. The Morgan fingerprint density at radius 1 is 1.25 bits per heavy atom. The second-order valence-corrected chi connectivity index (χ2v) is 6.40. The van der Waals surface area contributed by atoms with E-state index in [2.05, 4.69) is 11.1 Å². The Morgan fingerprint density at radius 2 is 2.05 bits per heavy atom. The van der Waals surface area contributed by atoms with Gasteiger partial charge in [-0.2, -0.15) is 0 Å². The van der Waals surface area contributed by atoms with E-state index in [9.17, 15) is 4.39 Å². The Hall–Kier alpha value is -1.45. The standard InChI is InChI=1S/C16H13ClFNS/c1-10-8-11(6-7-13(10)18)12(17)9-16-19-14-4-2-3-5-15(14)20-16/h2-8,12H,9H2,1H3. The van der Waals surface area contributed by atoms with Crippen LogP contribution in [0.1, 0.15) is 21.5 Å². The molecule has 1 nitrogen and oxygen atoms in total. The summed E-state index contributed by atoms with van der Waals surface area (Å²) in [5, 5.41) is 0.822. The van der Waals surface area contributed by atoms with Crippen molar-refractivity contribution in [2.45, 2.75) is 18.7 Å². The fourth-order valence-electron chi connectivity index (χ4n) is 2.14. The van der Waals surface area contributed by atoms with Crippen LogP contribution in [0.15, 0.2) is 42.5 Å². The zero-order chi connectivity index (χ0) is 14.1. The Balaban J connectivity index is 1.84. The lowest BCUT2D eigenvalue weighted by atomic mass is 10.1. The highest BCUT2D eigenvalue weighted by molar-refractivity contribution is 7.18. The molecule has 0 amide bonds. The Labute approximate surface area is 126 Å². The predicted octanol–water partition coefficient (Wildman–Crippen LogP) is 5.27. The SMILES string of the molecule is Cc1cc(C(Cl)Cc2nc3ccccc3s2)ccc1F. The molecule has 0 saturated heterocycles. The molecule has 4 heteroatoms. The lowest BCUT2D eigenvalue weighted by Crippen LogP contribution is -1.97. The number of aromatic nitrogens is 1. The van der Waals surface area contributed by atoms with E-state index in [1.54, 1.807) is 30.4 Å². The lowest BCUT2D eigenvalue weighted by molar-refractivity contribution is 0.617. The number of thiazole rings is 1. The van der Waals surface area contributed by atoms with Crippen molar-refractivity contribution >= 4 is 33.2 Å². The van der Waals surface area contributed by atoms with Gasteiger partial charge in [0.25, 0.3) is 0 Å². The molecule has 1 heterocycles. The van der Waals surface area contributed by atoms with E-state index in [1.807, 2.05) is 18.2 Å². The first-order valence-electron chi connectivity index (χ1n) is 6.38. The van der Waals surface area contributed by atoms with Crippen LogP contribution in [-0.4, -0.2) is 4.98 Å². The molecule has 0 N–H and O–H groups in total. The van der Waals surface area contributed by atoms with Crippen molar-refractivity contribution in [3.8, 4) is 0 Å². The van der Waals surface area contributed by atoms with E-state index in [-0.39, 0.29) is 11.2 Å². The zero-order valence-electron chi connectivity index (χ0n) is 10.9. The van der Waals surface area contributed by atoms with Crippen LogP contribution in [0.25, 0.3) is 10.2 Å². The average molecular weight is 306 g/mol. The molecule has 0 bridgehead atoms. The molecule has 0 fully saturated rings. The van der Waals surface area contributed by atoms with Gasteiger partial charge in [-0.05, 0) is 36.2 Å². The molecule has 102 valence electrons. The maximum Gasteiger partial charge on any atom is 0.126 e. The molecule has 1 unspecified atom stereocenters. The second-order valence-electron chi connectivity index (χ2n) is 4.76. The van der Waals surface area contributed by atoms with Crippen molar-refractivity contribution in [1.82, 2.24) is 4.98 Å². The molecule has 3 rings (SSSR count). The molecular formula is C16H13ClFNS. The third kappa shape index (κ3) is 2.69. The molecular weight excluding hydrogens is 293 g/mol. The summed E-state index contributed by atoms with van der Waals surface area (Å²) in [6, 6.07) is 13.1. The number of benzene rings is 2. The van der Waals surface area contributed by atoms with Crippen molar-refractivity contribution in [2.75, 3.05) is 0 Å². The molecule has 1 aromatic heterocycles. The minimum Gasteiger partial charge on any atom is -0.241 e. The van der Waals surface area contributed by atoms with E-state index >= 15 is 0 Å². The summed E-state index contributed by atoms with van der Waals surface area (Å²) < 4.78 is 14.4. The van der Waals surface area contributed by atoms with Crippen LogP contribution < -0.4 is 0 Å². The maximum atomic E-state index is 13.3. The largest absolute Gasteiger partial charge is 0.241 e.